The molecule has 2 aromatic carbocycles. The van der Waals surface area contributed by atoms with Gasteiger partial charge in [-0.1, -0.05) is 60.5 Å². The van der Waals surface area contributed by atoms with E-state index in [9.17, 15) is 0 Å². The van der Waals surface area contributed by atoms with E-state index in [4.69, 9.17) is 27.9 Å². The van der Waals surface area contributed by atoms with E-state index in [1.54, 1.807) is 6.07 Å². The molecule has 2 rings (SSSR count). The van der Waals surface area contributed by atoms with Crippen molar-refractivity contribution in [1.29, 1.82) is 0 Å². The molecule has 0 aliphatic carbocycles. The molecule has 0 saturated carbocycles. The lowest BCUT2D eigenvalue weighted by atomic mass is 9.97. The van der Waals surface area contributed by atoms with Crippen LogP contribution in [0, 0.1) is 0 Å². The predicted octanol–water partition coefficient (Wildman–Crippen LogP) is 5.09. The summed E-state index contributed by atoms with van der Waals surface area (Å²) in [4.78, 5) is 0. The summed E-state index contributed by atoms with van der Waals surface area (Å²) in [5.74, 6) is 0.863. The number of rotatable bonds is 6. The van der Waals surface area contributed by atoms with Crippen LogP contribution in [0.2, 0.25) is 10.0 Å². The van der Waals surface area contributed by atoms with Gasteiger partial charge in [0.15, 0.2) is 0 Å². The van der Waals surface area contributed by atoms with Gasteiger partial charge in [0.1, 0.15) is 5.75 Å². The summed E-state index contributed by atoms with van der Waals surface area (Å²) in [5.41, 5.74) is 2.02. The first-order valence-electron chi connectivity index (χ1n) is 7.08. The van der Waals surface area contributed by atoms with E-state index in [-0.39, 0.29) is 6.04 Å². The normalized spacial score (nSPS) is 12.2. The molecule has 0 bridgehead atoms. The Bertz CT molecular complexity index is 601. The summed E-state index contributed by atoms with van der Waals surface area (Å²) in [6.07, 6.45) is 0. The lowest BCUT2D eigenvalue weighted by Crippen LogP contribution is -2.23. The van der Waals surface area contributed by atoms with Crippen molar-refractivity contribution < 1.29 is 4.74 Å². The Kier molecular flexibility index (Phi) is 5.92. The fraction of sp³-hybridized carbons (Fsp3) is 0.294. The minimum absolute atomic E-state index is 0.0519. The molecule has 2 nitrogen and oxygen atoms in total. The van der Waals surface area contributed by atoms with Crippen LogP contribution in [0.3, 0.4) is 0 Å². The summed E-state index contributed by atoms with van der Waals surface area (Å²) in [7, 11) is 0. The number of benzene rings is 2. The monoisotopic (exact) mass is 323 g/mol. The first kappa shape index (κ1) is 16.2. The second-order valence-corrected chi connectivity index (χ2v) is 5.39. The summed E-state index contributed by atoms with van der Waals surface area (Å²) >= 11 is 12.5. The third-order valence-corrected chi connectivity index (χ3v) is 4.06. The van der Waals surface area contributed by atoms with Gasteiger partial charge in [0.25, 0.3) is 0 Å². The fourth-order valence-corrected chi connectivity index (χ4v) is 2.76. The van der Waals surface area contributed by atoms with Crippen LogP contribution in [0.25, 0.3) is 0 Å². The van der Waals surface area contributed by atoms with Crippen LogP contribution in [0.1, 0.15) is 31.0 Å². The molecular weight excluding hydrogens is 305 g/mol. The van der Waals surface area contributed by atoms with Crippen LogP contribution in [-0.2, 0) is 0 Å². The predicted molar refractivity (Wildman–Crippen MR) is 89.6 cm³/mol. The Morgan fingerprint density at radius 3 is 2.43 bits per heavy atom. The standard InChI is InChI=1S/C17H19Cl2NO/c1-3-20-17(13-9-7-10-14(18)16(13)19)12-8-5-6-11-15(12)21-4-2/h5-11,17,20H,3-4H2,1-2H3. The van der Waals surface area contributed by atoms with Gasteiger partial charge in [-0.05, 0) is 31.2 Å². The van der Waals surface area contributed by atoms with Crippen LogP contribution >= 0.6 is 23.2 Å². The van der Waals surface area contributed by atoms with Crippen molar-refractivity contribution in [1.82, 2.24) is 5.32 Å². The van der Waals surface area contributed by atoms with Gasteiger partial charge in [0.2, 0.25) is 0 Å². The molecule has 1 atom stereocenters. The van der Waals surface area contributed by atoms with Crippen LogP contribution in [0.4, 0.5) is 0 Å². The largest absolute Gasteiger partial charge is 0.494 e. The van der Waals surface area contributed by atoms with Crippen LogP contribution < -0.4 is 10.1 Å². The molecule has 1 unspecified atom stereocenters. The van der Waals surface area contributed by atoms with Gasteiger partial charge in [0, 0.05) is 5.56 Å². The smallest absolute Gasteiger partial charge is 0.124 e. The Labute approximate surface area is 136 Å². The topological polar surface area (TPSA) is 21.3 Å². The Morgan fingerprint density at radius 2 is 1.71 bits per heavy atom. The molecule has 0 radical (unpaired) electrons. The average molecular weight is 324 g/mol. The van der Waals surface area contributed by atoms with E-state index < -0.39 is 0 Å². The number of halogens is 2. The molecule has 1 N–H and O–H groups in total. The molecule has 0 aliphatic heterocycles. The van der Waals surface area contributed by atoms with Gasteiger partial charge in [-0.15, -0.1) is 0 Å². The van der Waals surface area contributed by atoms with E-state index in [1.165, 1.54) is 0 Å². The van der Waals surface area contributed by atoms with Crippen LogP contribution in [0.5, 0.6) is 5.75 Å². The summed E-state index contributed by atoms with van der Waals surface area (Å²) in [5, 5.41) is 4.60. The highest BCUT2D eigenvalue weighted by Crippen LogP contribution is 2.36. The molecular formula is C17H19Cl2NO. The van der Waals surface area contributed by atoms with Crippen molar-refractivity contribution in [2.45, 2.75) is 19.9 Å². The summed E-state index contributed by atoms with van der Waals surface area (Å²) < 4.78 is 5.74. The highest BCUT2D eigenvalue weighted by molar-refractivity contribution is 6.42. The first-order valence-corrected chi connectivity index (χ1v) is 7.83. The molecule has 0 spiro atoms. The van der Waals surface area contributed by atoms with Crippen molar-refractivity contribution in [3.8, 4) is 5.75 Å². The summed E-state index contributed by atoms with van der Waals surface area (Å²) in [6, 6.07) is 13.6. The zero-order valence-electron chi connectivity index (χ0n) is 12.2. The number of hydrogen-bond donors (Lipinski definition) is 1. The quantitative estimate of drug-likeness (QED) is 0.799. The molecule has 2 aromatic rings. The molecule has 0 fully saturated rings. The molecule has 4 heteroatoms. The van der Waals surface area contributed by atoms with Gasteiger partial charge in [0.05, 0.1) is 22.7 Å². The molecule has 0 saturated heterocycles. The highest BCUT2D eigenvalue weighted by Gasteiger charge is 2.20. The van der Waals surface area contributed by atoms with E-state index >= 15 is 0 Å². The minimum atomic E-state index is -0.0519. The van der Waals surface area contributed by atoms with Crippen molar-refractivity contribution in [2.24, 2.45) is 0 Å². The fourth-order valence-electron chi connectivity index (χ4n) is 2.34. The molecule has 0 aromatic heterocycles. The maximum absolute atomic E-state index is 6.39. The van der Waals surface area contributed by atoms with Crippen LogP contribution in [0.15, 0.2) is 42.5 Å². The Balaban J connectivity index is 2.51. The van der Waals surface area contributed by atoms with Crippen molar-refractivity contribution in [2.75, 3.05) is 13.2 Å². The Hall–Kier alpha value is -1.22. The highest BCUT2D eigenvalue weighted by atomic mass is 35.5. The van der Waals surface area contributed by atoms with E-state index in [0.717, 1.165) is 23.4 Å². The maximum Gasteiger partial charge on any atom is 0.124 e. The number of para-hydroxylation sites is 1. The minimum Gasteiger partial charge on any atom is -0.494 e. The Morgan fingerprint density at radius 1 is 1.00 bits per heavy atom. The molecule has 21 heavy (non-hydrogen) atoms. The molecule has 112 valence electrons. The van der Waals surface area contributed by atoms with Gasteiger partial charge >= 0.3 is 0 Å². The van der Waals surface area contributed by atoms with Crippen molar-refractivity contribution >= 4 is 23.2 Å². The summed E-state index contributed by atoms with van der Waals surface area (Å²) in [6.45, 7) is 5.48. The second-order valence-electron chi connectivity index (χ2n) is 4.60. The van der Waals surface area contributed by atoms with Gasteiger partial charge in [-0.3, -0.25) is 0 Å². The van der Waals surface area contributed by atoms with Gasteiger partial charge < -0.3 is 10.1 Å². The lowest BCUT2D eigenvalue weighted by Gasteiger charge is -2.23. The first-order chi connectivity index (χ1) is 10.2. The van der Waals surface area contributed by atoms with Gasteiger partial charge in [-0.2, -0.15) is 0 Å². The van der Waals surface area contributed by atoms with E-state index in [0.29, 0.717) is 16.7 Å². The molecule has 0 heterocycles. The van der Waals surface area contributed by atoms with Crippen molar-refractivity contribution in [3.05, 3.63) is 63.6 Å². The number of ether oxygens (including phenoxy) is 1. The van der Waals surface area contributed by atoms with E-state index in [1.807, 2.05) is 37.3 Å². The SMILES string of the molecule is CCNC(c1ccccc1OCC)c1cccc(Cl)c1Cl. The van der Waals surface area contributed by atoms with Crippen LogP contribution in [-0.4, -0.2) is 13.2 Å². The zero-order valence-corrected chi connectivity index (χ0v) is 13.7. The van der Waals surface area contributed by atoms with Crippen molar-refractivity contribution in [3.63, 3.8) is 0 Å². The lowest BCUT2D eigenvalue weighted by molar-refractivity contribution is 0.333. The second kappa shape index (κ2) is 7.69. The van der Waals surface area contributed by atoms with E-state index in [2.05, 4.69) is 18.3 Å². The molecule has 0 aliphatic rings. The van der Waals surface area contributed by atoms with Gasteiger partial charge in [-0.25, -0.2) is 0 Å². The number of nitrogens with one attached hydrogen (secondary N) is 1. The zero-order chi connectivity index (χ0) is 15.2. The third-order valence-electron chi connectivity index (χ3n) is 3.23. The number of hydrogen-bond acceptors (Lipinski definition) is 2. The molecule has 0 amide bonds. The average Bonchev–Trinajstić information content (AvgIpc) is 2.49. The maximum atomic E-state index is 6.39. The third kappa shape index (κ3) is 3.70.